The van der Waals surface area contributed by atoms with Gasteiger partial charge in [-0.1, -0.05) is 0 Å². The van der Waals surface area contributed by atoms with E-state index in [1.165, 1.54) is 19.3 Å². The van der Waals surface area contributed by atoms with Crippen LogP contribution in [0.5, 0.6) is 0 Å². The number of hydrogen-bond donors (Lipinski definition) is 2. The van der Waals surface area contributed by atoms with Gasteiger partial charge in [0.05, 0.1) is 11.6 Å². The molecule has 3 unspecified atom stereocenters. The van der Waals surface area contributed by atoms with E-state index in [-0.39, 0.29) is 17.8 Å². The van der Waals surface area contributed by atoms with Crippen molar-refractivity contribution in [2.75, 3.05) is 5.88 Å². The standard InChI is InChI=1S/C12H18ClNO2/c13-6-10(15)14-11-9-2-7-1-8(3-9)5-12(11,16)4-7/h7-9,11,16H,1-6H2,(H,14,15). The van der Waals surface area contributed by atoms with Gasteiger partial charge >= 0.3 is 0 Å². The van der Waals surface area contributed by atoms with Gasteiger partial charge in [0.1, 0.15) is 5.88 Å². The molecule has 4 aliphatic rings. The molecule has 16 heavy (non-hydrogen) atoms. The average Bonchev–Trinajstić information content (AvgIpc) is 2.21. The molecule has 0 saturated heterocycles. The number of nitrogens with one attached hydrogen (secondary N) is 1. The smallest absolute Gasteiger partial charge is 0.235 e. The Morgan fingerprint density at radius 1 is 1.31 bits per heavy atom. The second-order valence-corrected chi connectivity index (χ2v) is 6.16. The highest BCUT2D eigenvalue weighted by atomic mass is 35.5. The Hall–Kier alpha value is -0.280. The van der Waals surface area contributed by atoms with Crippen LogP contribution in [-0.2, 0) is 4.79 Å². The molecule has 4 bridgehead atoms. The third-order valence-corrected chi connectivity index (χ3v) is 4.95. The van der Waals surface area contributed by atoms with Gasteiger partial charge in [-0.2, -0.15) is 0 Å². The third-order valence-electron chi connectivity index (χ3n) is 4.71. The molecule has 0 aromatic rings. The van der Waals surface area contributed by atoms with Gasteiger partial charge in [0, 0.05) is 0 Å². The lowest BCUT2D eigenvalue weighted by Crippen LogP contribution is -2.66. The summed E-state index contributed by atoms with van der Waals surface area (Å²) in [7, 11) is 0. The molecule has 4 aliphatic carbocycles. The zero-order valence-electron chi connectivity index (χ0n) is 9.29. The largest absolute Gasteiger partial charge is 0.388 e. The SMILES string of the molecule is O=C(CCl)NC1C2CC3CC(C2)CC1(O)C3. The monoisotopic (exact) mass is 243 g/mol. The number of carbonyl (C=O) groups is 1. The van der Waals surface area contributed by atoms with Crippen LogP contribution in [0.15, 0.2) is 0 Å². The van der Waals surface area contributed by atoms with Crippen molar-refractivity contribution in [3.63, 3.8) is 0 Å². The number of halogens is 1. The van der Waals surface area contributed by atoms with E-state index in [9.17, 15) is 9.90 Å². The lowest BCUT2D eigenvalue weighted by Gasteiger charge is -2.58. The Balaban J connectivity index is 1.81. The van der Waals surface area contributed by atoms with E-state index >= 15 is 0 Å². The van der Waals surface area contributed by atoms with Crippen LogP contribution in [0.1, 0.15) is 32.1 Å². The van der Waals surface area contributed by atoms with E-state index < -0.39 is 5.60 Å². The second-order valence-electron chi connectivity index (χ2n) is 5.89. The van der Waals surface area contributed by atoms with Crippen molar-refractivity contribution in [3.05, 3.63) is 0 Å². The summed E-state index contributed by atoms with van der Waals surface area (Å²) in [6.07, 6.45) is 5.37. The number of hydrogen-bond acceptors (Lipinski definition) is 2. The molecule has 4 fully saturated rings. The number of rotatable bonds is 2. The molecule has 3 nitrogen and oxygen atoms in total. The molecule has 90 valence electrons. The van der Waals surface area contributed by atoms with Crippen LogP contribution in [0, 0.1) is 17.8 Å². The molecule has 3 atom stereocenters. The summed E-state index contributed by atoms with van der Waals surface area (Å²) >= 11 is 5.52. The van der Waals surface area contributed by atoms with Gasteiger partial charge in [0.25, 0.3) is 0 Å². The molecule has 0 radical (unpaired) electrons. The Morgan fingerprint density at radius 3 is 2.44 bits per heavy atom. The summed E-state index contributed by atoms with van der Waals surface area (Å²) in [5, 5.41) is 13.6. The van der Waals surface area contributed by atoms with Crippen LogP contribution in [-0.4, -0.2) is 28.5 Å². The van der Waals surface area contributed by atoms with Crippen LogP contribution in [0.3, 0.4) is 0 Å². The van der Waals surface area contributed by atoms with Crippen LogP contribution >= 0.6 is 11.6 Å². The number of alkyl halides is 1. The summed E-state index contributed by atoms with van der Waals surface area (Å²) in [6.45, 7) is 0. The maximum atomic E-state index is 11.4. The van der Waals surface area contributed by atoms with E-state index in [0.29, 0.717) is 17.8 Å². The highest BCUT2D eigenvalue weighted by Gasteiger charge is 2.56. The normalized spacial score (nSPS) is 49.4. The Bertz CT molecular complexity index is 306. The van der Waals surface area contributed by atoms with Crippen molar-refractivity contribution in [1.29, 1.82) is 0 Å². The first-order valence-electron chi connectivity index (χ1n) is 6.18. The van der Waals surface area contributed by atoms with E-state index in [4.69, 9.17) is 11.6 Å². The summed E-state index contributed by atoms with van der Waals surface area (Å²) in [6, 6.07) is -0.0495. The molecule has 4 rings (SSSR count). The maximum absolute atomic E-state index is 11.4. The van der Waals surface area contributed by atoms with Crippen LogP contribution in [0.25, 0.3) is 0 Å². The Kier molecular flexibility index (Phi) is 2.44. The zero-order valence-corrected chi connectivity index (χ0v) is 10.0. The van der Waals surface area contributed by atoms with Crippen molar-refractivity contribution >= 4 is 17.5 Å². The van der Waals surface area contributed by atoms with Gasteiger partial charge < -0.3 is 10.4 Å². The first kappa shape index (κ1) is 10.8. The highest BCUT2D eigenvalue weighted by Crippen LogP contribution is 2.55. The minimum Gasteiger partial charge on any atom is -0.388 e. The lowest BCUT2D eigenvalue weighted by atomic mass is 9.52. The van der Waals surface area contributed by atoms with Crippen LogP contribution in [0.4, 0.5) is 0 Å². The van der Waals surface area contributed by atoms with Gasteiger partial charge in [-0.3, -0.25) is 4.79 Å². The molecule has 2 N–H and O–H groups in total. The fraction of sp³-hybridized carbons (Fsp3) is 0.917. The first-order valence-corrected chi connectivity index (χ1v) is 6.72. The van der Waals surface area contributed by atoms with Crippen molar-refractivity contribution < 1.29 is 9.90 Å². The van der Waals surface area contributed by atoms with Gasteiger partial charge in [0.15, 0.2) is 0 Å². The van der Waals surface area contributed by atoms with Crippen LogP contribution < -0.4 is 5.32 Å². The van der Waals surface area contributed by atoms with Gasteiger partial charge in [0.2, 0.25) is 5.91 Å². The minimum atomic E-state index is -0.642. The van der Waals surface area contributed by atoms with E-state index in [1.54, 1.807) is 0 Å². The van der Waals surface area contributed by atoms with Gasteiger partial charge in [-0.15, -0.1) is 11.6 Å². The topological polar surface area (TPSA) is 49.3 Å². The quantitative estimate of drug-likeness (QED) is 0.718. The van der Waals surface area contributed by atoms with Crippen molar-refractivity contribution in [3.8, 4) is 0 Å². The number of amides is 1. The van der Waals surface area contributed by atoms with E-state index in [0.717, 1.165) is 12.8 Å². The predicted molar refractivity (Wildman–Crippen MR) is 61.2 cm³/mol. The first-order chi connectivity index (χ1) is 7.60. The molecular weight excluding hydrogens is 226 g/mol. The highest BCUT2D eigenvalue weighted by molar-refractivity contribution is 6.27. The van der Waals surface area contributed by atoms with Crippen LogP contribution in [0.2, 0.25) is 0 Å². The molecule has 0 aliphatic heterocycles. The fourth-order valence-corrected chi connectivity index (χ4v) is 4.54. The third kappa shape index (κ3) is 1.56. The van der Waals surface area contributed by atoms with Gasteiger partial charge in [-0.25, -0.2) is 0 Å². The molecule has 4 saturated carbocycles. The van der Waals surface area contributed by atoms with Gasteiger partial charge in [-0.05, 0) is 49.9 Å². The summed E-state index contributed by atoms with van der Waals surface area (Å²) in [5.74, 6) is 1.70. The zero-order chi connectivity index (χ0) is 11.3. The molecule has 1 amide bonds. The van der Waals surface area contributed by atoms with Crippen molar-refractivity contribution in [1.82, 2.24) is 5.32 Å². The summed E-state index contributed by atoms with van der Waals surface area (Å²) in [4.78, 5) is 11.4. The molecule has 0 aromatic carbocycles. The average molecular weight is 244 g/mol. The minimum absolute atomic E-state index is 0.00778. The number of aliphatic hydroxyl groups is 1. The van der Waals surface area contributed by atoms with E-state index in [2.05, 4.69) is 5.32 Å². The number of carbonyl (C=O) groups excluding carboxylic acids is 1. The maximum Gasteiger partial charge on any atom is 0.235 e. The molecule has 0 heterocycles. The Morgan fingerprint density at radius 2 is 1.94 bits per heavy atom. The Labute approximate surface area is 101 Å². The second kappa shape index (κ2) is 3.61. The summed E-state index contributed by atoms with van der Waals surface area (Å²) in [5.41, 5.74) is -0.642. The fourth-order valence-electron chi connectivity index (χ4n) is 4.46. The molecule has 0 spiro atoms. The van der Waals surface area contributed by atoms with E-state index in [1.807, 2.05) is 0 Å². The molecular formula is C12H18ClNO2. The molecule has 0 aromatic heterocycles. The van der Waals surface area contributed by atoms with Crippen molar-refractivity contribution in [2.24, 2.45) is 17.8 Å². The van der Waals surface area contributed by atoms with Crippen molar-refractivity contribution in [2.45, 2.75) is 43.7 Å². The lowest BCUT2D eigenvalue weighted by molar-refractivity contribution is -0.156. The molecule has 4 heteroatoms. The summed E-state index contributed by atoms with van der Waals surface area (Å²) < 4.78 is 0. The predicted octanol–water partition coefficient (Wildman–Crippen LogP) is 1.28.